The minimum absolute atomic E-state index is 0.504. The van der Waals surface area contributed by atoms with Crippen LogP contribution in [0.15, 0.2) is 0 Å². The van der Waals surface area contributed by atoms with E-state index in [4.69, 9.17) is 0 Å². The molecule has 140 valence electrons. The highest BCUT2D eigenvalue weighted by atomic mass is 14.3. The highest BCUT2D eigenvalue weighted by Gasteiger charge is 2.23. The molecule has 0 saturated heterocycles. The summed E-state index contributed by atoms with van der Waals surface area (Å²) in [7, 11) is 0. The van der Waals surface area contributed by atoms with Crippen LogP contribution in [0.4, 0.5) is 0 Å². The van der Waals surface area contributed by atoms with E-state index in [1.54, 1.807) is 0 Å². The maximum absolute atomic E-state index is 2.46. The Morgan fingerprint density at radius 3 is 1.09 bits per heavy atom. The summed E-state index contributed by atoms with van der Waals surface area (Å²) >= 11 is 0. The average molecular weight is 325 g/mol. The van der Waals surface area contributed by atoms with E-state index in [9.17, 15) is 0 Å². The molecule has 0 amide bonds. The highest BCUT2D eigenvalue weighted by molar-refractivity contribution is 4.74. The average Bonchev–Trinajstić information content (AvgIpc) is 2.50. The molecule has 0 N–H and O–H groups in total. The Labute approximate surface area is 149 Å². The second-order valence-electron chi connectivity index (χ2n) is 8.88. The fourth-order valence-corrected chi connectivity index (χ4v) is 3.71. The first-order chi connectivity index (χ1) is 11.0. The molecule has 0 bridgehead atoms. The maximum atomic E-state index is 2.46. The van der Waals surface area contributed by atoms with Crippen LogP contribution in [0.2, 0.25) is 0 Å². The van der Waals surface area contributed by atoms with Gasteiger partial charge < -0.3 is 0 Å². The van der Waals surface area contributed by atoms with E-state index >= 15 is 0 Å². The molecule has 0 aliphatic heterocycles. The lowest BCUT2D eigenvalue weighted by Gasteiger charge is -2.31. The van der Waals surface area contributed by atoms with Crippen molar-refractivity contribution in [1.29, 1.82) is 0 Å². The second-order valence-corrected chi connectivity index (χ2v) is 8.88. The van der Waals surface area contributed by atoms with E-state index < -0.39 is 0 Å². The topological polar surface area (TPSA) is 0 Å². The van der Waals surface area contributed by atoms with Crippen molar-refractivity contribution in [2.24, 2.45) is 11.3 Å². The third-order valence-corrected chi connectivity index (χ3v) is 5.54. The molecular weight excluding hydrogens is 276 g/mol. The lowest BCUT2D eigenvalue weighted by molar-refractivity contribution is 0.201. The number of hydrogen-bond acceptors (Lipinski definition) is 0. The summed E-state index contributed by atoms with van der Waals surface area (Å²) in [4.78, 5) is 0. The first-order valence-corrected chi connectivity index (χ1v) is 11.0. The Morgan fingerprint density at radius 1 is 0.478 bits per heavy atom. The van der Waals surface area contributed by atoms with Crippen molar-refractivity contribution in [2.75, 3.05) is 0 Å². The molecule has 0 heterocycles. The van der Waals surface area contributed by atoms with Crippen LogP contribution < -0.4 is 0 Å². The van der Waals surface area contributed by atoms with Gasteiger partial charge in [-0.3, -0.25) is 0 Å². The molecule has 0 aromatic heterocycles. The van der Waals surface area contributed by atoms with Gasteiger partial charge in [-0.1, -0.05) is 125 Å². The molecule has 0 saturated carbocycles. The summed E-state index contributed by atoms with van der Waals surface area (Å²) < 4.78 is 0. The Balaban J connectivity index is 3.70. The van der Waals surface area contributed by atoms with Crippen LogP contribution in [0.3, 0.4) is 0 Å². The van der Waals surface area contributed by atoms with Gasteiger partial charge in [-0.2, -0.15) is 0 Å². The second kappa shape index (κ2) is 15.5. The third kappa shape index (κ3) is 15.3. The Bertz CT molecular complexity index is 205. The zero-order valence-corrected chi connectivity index (χ0v) is 17.4. The first-order valence-electron chi connectivity index (χ1n) is 11.0. The van der Waals surface area contributed by atoms with Gasteiger partial charge in [-0.15, -0.1) is 0 Å². The molecule has 0 aromatic carbocycles. The van der Waals surface area contributed by atoms with Gasteiger partial charge in [-0.05, 0) is 24.2 Å². The summed E-state index contributed by atoms with van der Waals surface area (Å²) in [6.45, 7) is 12.0. The Kier molecular flexibility index (Phi) is 15.5. The van der Waals surface area contributed by atoms with Gasteiger partial charge in [0.05, 0.1) is 0 Å². The van der Waals surface area contributed by atoms with Crippen LogP contribution in [-0.2, 0) is 0 Å². The summed E-state index contributed by atoms with van der Waals surface area (Å²) in [5.74, 6) is 0.939. The van der Waals surface area contributed by atoms with Crippen molar-refractivity contribution in [3.63, 3.8) is 0 Å². The maximum Gasteiger partial charge on any atom is -0.0354 e. The SMILES string of the molecule is CCCCCCCCCC(CCCCCCCCC)C(C)(C)C. The van der Waals surface area contributed by atoms with Crippen LogP contribution in [0.25, 0.3) is 0 Å². The predicted octanol–water partition coefficient (Wildman–Crippen LogP) is 8.93. The highest BCUT2D eigenvalue weighted by Crippen LogP contribution is 2.34. The van der Waals surface area contributed by atoms with Gasteiger partial charge in [0.15, 0.2) is 0 Å². The van der Waals surface area contributed by atoms with Crippen LogP contribution >= 0.6 is 0 Å². The largest absolute Gasteiger partial charge is 0.0654 e. The number of hydrogen-bond donors (Lipinski definition) is 0. The van der Waals surface area contributed by atoms with Gasteiger partial charge in [0.1, 0.15) is 0 Å². The van der Waals surface area contributed by atoms with Crippen molar-refractivity contribution < 1.29 is 0 Å². The monoisotopic (exact) mass is 324 g/mol. The fraction of sp³-hybridized carbons (Fsp3) is 1.00. The lowest BCUT2D eigenvalue weighted by Crippen LogP contribution is -2.20. The molecule has 0 fully saturated rings. The Morgan fingerprint density at radius 2 is 0.783 bits per heavy atom. The molecule has 0 unspecified atom stereocenters. The predicted molar refractivity (Wildman–Crippen MR) is 108 cm³/mol. The zero-order chi connectivity index (χ0) is 17.4. The van der Waals surface area contributed by atoms with Crippen molar-refractivity contribution >= 4 is 0 Å². The summed E-state index contributed by atoms with van der Waals surface area (Å²) in [6.07, 6.45) is 23.2. The van der Waals surface area contributed by atoms with E-state index in [0.717, 1.165) is 5.92 Å². The molecule has 0 aliphatic carbocycles. The summed E-state index contributed by atoms with van der Waals surface area (Å²) in [5.41, 5.74) is 0.504. The van der Waals surface area contributed by atoms with Gasteiger partial charge in [0.2, 0.25) is 0 Å². The van der Waals surface area contributed by atoms with Crippen molar-refractivity contribution in [2.45, 2.75) is 137 Å². The minimum atomic E-state index is 0.504. The van der Waals surface area contributed by atoms with Crippen molar-refractivity contribution in [3.8, 4) is 0 Å². The molecule has 0 radical (unpaired) electrons. The van der Waals surface area contributed by atoms with Crippen LogP contribution in [0.5, 0.6) is 0 Å². The molecule has 0 aliphatic rings. The molecule has 0 heteroatoms. The quantitative estimate of drug-likeness (QED) is 0.248. The molecule has 0 rings (SSSR count). The van der Waals surface area contributed by atoms with Crippen LogP contribution in [0.1, 0.15) is 137 Å². The first kappa shape index (κ1) is 23.0. The molecule has 0 spiro atoms. The molecule has 0 aromatic rings. The van der Waals surface area contributed by atoms with Crippen LogP contribution in [0, 0.1) is 11.3 Å². The van der Waals surface area contributed by atoms with Gasteiger partial charge in [0, 0.05) is 0 Å². The van der Waals surface area contributed by atoms with Gasteiger partial charge in [0.25, 0.3) is 0 Å². The molecule has 23 heavy (non-hydrogen) atoms. The molecule has 0 atom stereocenters. The smallest absolute Gasteiger partial charge is 0.0354 e. The zero-order valence-electron chi connectivity index (χ0n) is 17.4. The normalized spacial score (nSPS) is 12.3. The molecular formula is C23H48. The Hall–Kier alpha value is 0. The number of rotatable bonds is 16. The standard InChI is InChI=1S/C23H48/c1-6-8-10-12-14-16-18-20-22(23(3,4)5)21-19-17-15-13-11-9-7-2/h22H,6-21H2,1-5H3. The minimum Gasteiger partial charge on any atom is -0.0654 e. The van der Waals surface area contributed by atoms with Crippen LogP contribution in [-0.4, -0.2) is 0 Å². The van der Waals surface area contributed by atoms with Gasteiger partial charge >= 0.3 is 0 Å². The van der Waals surface area contributed by atoms with E-state index in [-0.39, 0.29) is 0 Å². The van der Waals surface area contributed by atoms with E-state index in [2.05, 4.69) is 34.6 Å². The van der Waals surface area contributed by atoms with Crippen molar-refractivity contribution in [1.82, 2.24) is 0 Å². The van der Waals surface area contributed by atoms with Crippen molar-refractivity contribution in [3.05, 3.63) is 0 Å². The number of unbranched alkanes of at least 4 members (excludes halogenated alkanes) is 12. The molecule has 0 nitrogen and oxygen atoms in total. The fourth-order valence-electron chi connectivity index (χ4n) is 3.71. The van der Waals surface area contributed by atoms with E-state index in [0.29, 0.717) is 5.41 Å². The summed E-state index contributed by atoms with van der Waals surface area (Å²) in [5, 5.41) is 0. The third-order valence-electron chi connectivity index (χ3n) is 5.54. The van der Waals surface area contributed by atoms with E-state index in [1.807, 2.05) is 0 Å². The lowest BCUT2D eigenvalue weighted by atomic mass is 9.75. The van der Waals surface area contributed by atoms with E-state index in [1.165, 1.54) is 103 Å². The van der Waals surface area contributed by atoms with Gasteiger partial charge in [-0.25, -0.2) is 0 Å². The summed E-state index contributed by atoms with van der Waals surface area (Å²) in [6, 6.07) is 0.